The molecule has 0 radical (unpaired) electrons. The van der Waals surface area contributed by atoms with Crippen LogP contribution in [0, 0.1) is 11.6 Å². The van der Waals surface area contributed by atoms with E-state index in [0.717, 1.165) is 62.3 Å². The van der Waals surface area contributed by atoms with Crippen LogP contribution in [0.25, 0.3) is 0 Å². The lowest BCUT2D eigenvalue weighted by Crippen LogP contribution is -2.34. The topological polar surface area (TPSA) is 44.3 Å². The second-order valence-corrected chi connectivity index (χ2v) is 9.53. The minimum Gasteiger partial charge on any atom is -0.362 e. The number of piperidine rings is 1. The van der Waals surface area contributed by atoms with Gasteiger partial charge in [0.25, 0.3) is 0 Å². The SMILES string of the molecule is CNc1ncc(C2CCN(CCCC(c3ccc(F)cc3)c3ccc(F)cc3)CC2)c(N(C)C)n1. The molecule has 1 N–H and O–H groups in total. The molecule has 1 aliphatic rings. The summed E-state index contributed by atoms with van der Waals surface area (Å²) in [6.45, 7) is 3.10. The molecule has 0 amide bonds. The Morgan fingerprint density at radius 1 is 0.971 bits per heavy atom. The molecule has 5 nitrogen and oxygen atoms in total. The lowest BCUT2D eigenvalue weighted by Gasteiger charge is -2.33. The van der Waals surface area contributed by atoms with Crippen LogP contribution < -0.4 is 10.2 Å². The molecule has 35 heavy (non-hydrogen) atoms. The molecule has 1 aliphatic heterocycles. The van der Waals surface area contributed by atoms with Gasteiger partial charge in [0.1, 0.15) is 17.5 Å². The molecule has 0 atom stereocenters. The van der Waals surface area contributed by atoms with Gasteiger partial charge in [-0.15, -0.1) is 0 Å². The predicted octanol–water partition coefficient (Wildman–Crippen LogP) is 5.65. The number of hydrogen-bond acceptors (Lipinski definition) is 5. The van der Waals surface area contributed by atoms with E-state index in [2.05, 4.69) is 25.1 Å². The molecule has 1 fully saturated rings. The van der Waals surface area contributed by atoms with Crippen LogP contribution >= 0.6 is 0 Å². The van der Waals surface area contributed by atoms with E-state index in [4.69, 9.17) is 0 Å². The number of nitrogens with one attached hydrogen (secondary N) is 1. The lowest BCUT2D eigenvalue weighted by molar-refractivity contribution is 0.208. The van der Waals surface area contributed by atoms with Gasteiger partial charge in [0.15, 0.2) is 0 Å². The maximum atomic E-state index is 13.5. The molecular formula is C28H35F2N5. The molecule has 4 rings (SSSR count). The zero-order valence-corrected chi connectivity index (χ0v) is 20.8. The van der Waals surface area contributed by atoms with Crippen molar-refractivity contribution < 1.29 is 8.78 Å². The minimum absolute atomic E-state index is 0.124. The molecule has 0 spiro atoms. The van der Waals surface area contributed by atoms with Gasteiger partial charge in [-0.05, 0) is 86.6 Å². The summed E-state index contributed by atoms with van der Waals surface area (Å²) in [5.74, 6) is 1.74. The average Bonchev–Trinajstić information content (AvgIpc) is 2.88. The van der Waals surface area contributed by atoms with Gasteiger partial charge in [-0.2, -0.15) is 4.98 Å². The summed E-state index contributed by atoms with van der Waals surface area (Å²) in [5, 5.41) is 3.03. The van der Waals surface area contributed by atoms with Crippen LogP contribution in [0.3, 0.4) is 0 Å². The van der Waals surface area contributed by atoms with E-state index in [9.17, 15) is 8.78 Å². The van der Waals surface area contributed by atoms with E-state index >= 15 is 0 Å². The van der Waals surface area contributed by atoms with Crippen LogP contribution in [0.4, 0.5) is 20.5 Å². The first-order valence-electron chi connectivity index (χ1n) is 12.4. The summed E-state index contributed by atoms with van der Waals surface area (Å²) in [7, 11) is 5.89. The molecule has 1 aromatic heterocycles. The Morgan fingerprint density at radius 3 is 2.06 bits per heavy atom. The summed E-state index contributed by atoms with van der Waals surface area (Å²) in [6, 6.07) is 13.4. The molecule has 0 unspecified atom stereocenters. The van der Waals surface area contributed by atoms with Crippen molar-refractivity contribution in [3.05, 3.63) is 83.1 Å². The van der Waals surface area contributed by atoms with Crippen LogP contribution in [0.2, 0.25) is 0 Å². The van der Waals surface area contributed by atoms with Crippen molar-refractivity contribution in [2.75, 3.05) is 51.0 Å². The number of nitrogens with zero attached hydrogens (tertiary/aromatic N) is 4. The fourth-order valence-corrected chi connectivity index (χ4v) is 5.05. The van der Waals surface area contributed by atoms with Crippen molar-refractivity contribution in [1.29, 1.82) is 0 Å². The molecule has 1 saturated heterocycles. The molecule has 2 heterocycles. The number of anilines is 2. The zero-order valence-electron chi connectivity index (χ0n) is 20.8. The van der Waals surface area contributed by atoms with Gasteiger partial charge in [-0.1, -0.05) is 24.3 Å². The van der Waals surface area contributed by atoms with Gasteiger partial charge in [0.05, 0.1) is 0 Å². The van der Waals surface area contributed by atoms with Crippen LogP contribution in [-0.4, -0.2) is 55.6 Å². The number of rotatable bonds is 9. The van der Waals surface area contributed by atoms with Crippen molar-refractivity contribution in [2.45, 2.75) is 37.5 Å². The highest BCUT2D eigenvalue weighted by atomic mass is 19.1. The van der Waals surface area contributed by atoms with Gasteiger partial charge in [0, 0.05) is 38.8 Å². The third-order valence-electron chi connectivity index (χ3n) is 6.98. The smallest absolute Gasteiger partial charge is 0.224 e. The van der Waals surface area contributed by atoms with Crippen molar-refractivity contribution in [1.82, 2.24) is 14.9 Å². The van der Waals surface area contributed by atoms with E-state index in [0.29, 0.717) is 11.9 Å². The molecule has 7 heteroatoms. The Labute approximate surface area is 207 Å². The molecular weight excluding hydrogens is 444 g/mol. The van der Waals surface area contributed by atoms with E-state index in [1.807, 2.05) is 51.6 Å². The second kappa shape index (κ2) is 11.6. The van der Waals surface area contributed by atoms with E-state index in [1.54, 1.807) is 0 Å². The summed E-state index contributed by atoms with van der Waals surface area (Å²) in [5.41, 5.74) is 3.36. The highest BCUT2D eigenvalue weighted by Crippen LogP contribution is 2.34. The number of halogens is 2. The third kappa shape index (κ3) is 6.34. The highest BCUT2D eigenvalue weighted by Gasteiger charge is 2.25. The molecule has 0 bridgehead atoms. The maximum absolute atomic E-state index is 13.5. The predicted molar refractivity (Wildman–Crippen MR) is 138 cm³/mol. The van der Waals surface area contributed by atoms with Crippen LogP contribution in [0.1, 0.15) is 54.2 Å². The third-order valence-corrected chi connectivity index (χ3v) is 6.98. The van der Waals surface area contributed by atoms with E-state index in [1.165, 1.54) is 29.8 Å². The van der Waals surface area contributed by atoms with Crippen molar-refractivity contribution in [3.8, 4) is 0 Å². The fraction of sp³-hybridized carbons (Fsp3) is 0.429. The summed E-state index contributed by atoms with van der Waals surface area (Å²) in [4.78, 5) is 13.7. The van der Waals surface area contributed by atoms with Crippen LogP contribution in [-0.2, 0) is 0 Å². The van der Waals surface area contributed by atoms with Gasteiger partial charge < -0.3 is 15.1 Å². The van der Waals surface area contributed by atoms with Crippen LogP contribution in [0.5, 0.6) is 0 Å². The Hall–Kier alpha value is -3.06. The summed E-state index contributed by atoms with van der Waals surface area (Å²) >= 11 is 0. The zero-order chi connectivity index (χ0) is 24.8. The Bertz CT molecular complexity index is 1030. The normalized spacial score (nSPS) is 14.9. The second-order valence-electron chi connectivity index (χ2n) is 9.53. The number of benzene rings is 2. The molecule has 3 aromatic rings. The summed E-state index contributed by atoms with van der Waals surface area (Å²) < 4.78 is 27.0. The minimum atomic E-state index is -0.238. The molecule has 2 aromatic carbocycles. The van der Waals surface area contributed by atoms with Gasteiger partial charge in [-0.25, -0.2) is 13.8 Å². The maximum Gasteiger partial charge on any atom is 0.224 e. The first kappa shape index (κ1) is 25.0. The van der Waals surface area contributed by atoms with E-state index in [-0.39, 0.29) is 17.6 Å². The van der Waals surface area contributed by atoms with Crippen molar-refractivity contribution in [2.24, 2.45) is 0 Å². The number of hydrogen-bond donors (Lipinski definition) is 1. The molecule has 186 valence electrons. The molecule has 0 aliphatic carbocycles. The monoisotopic (exact) mass is 479 g/mol. The Kier molecular flexibility index (Phi) is 8.29. The average molecular weight is 480 g/mol. The first-order valence-corrected chi connectivity index (χ1v) is 12.4. The quantitative estimate of drug-likeness (QED) is 0.429. The highest BCUT2D eigenvalue weighted by molar-refractivity contribution is 5.50. The Morgan fingerprint density at radius 2 is 1.54 bits per heavy atom. The Balaban J connectivity index is 1.35. The van der Waals surface area contributed by atoms with Crippen LogP contribution in [0.15, 0.2) is 54.7 Å². The van der Waals surface area contributed by atoms with Gasteiger partial charge in [0.2, 0.25) is 5.95 Å². The number of aromatic nitrogens is 2. The van der Waals surface area contributed by atoms with E-state index < -0.39 is 0 Å². The first-order chi connectivity index (χ1) is 16.9. The van der Waals surface area contributed by atoms with Gasteiger partial charge in [-0.3, -0.25) is 0 Å². The summed E-state index contributed by atoms with van der Waals surface area (Å²) in [6.07, 6.45) is 6.10. The lowest BCUT2D eigenvalue weighted by atomic mass is 9.87. The molecule has 0 saturated carbocycles. The fourth-order valence-electron chi connectivity index (χ4n) is 5.05. The van der Waals surface area contributed by atoms with Crippen molar-refractivity contribution in [3.63, 3.8) is 0 Å². The standard InChI is InChI=1S/C28H35F2N5/c1-31-28-32-19-26(27(33-28)34(2)3)22-14-17-35(18-15-22)16-4-5-25(20-6-10-23(29)11-7-20)21-8-12-24(30)13-9-21/h6-13,19,22,25H,4-5,14-18H2,1-3H3,(H,31,32,33). The van der Waals surface area contributed by atoms with Gasteiger partial charge >= 0.3 is 0 Å². The largest absolute Gasteiger partial charge is 0.362 e. The van der Waals surface area contributed by atoms with Crippen molar-refractivity contribution >= 4 is 11.8 Å². The number of likely N-dealkylation sites (tertiary alicyclic amines) is 1.